The fraction of sp³-hybridized carbons (Fsp3) is 0.429. The van der Waals surface area contributed by atoms with Crippen molar-refractivity contribution in [1.82, 2.24) is 20.0 Å². The predicted molar refractivity (Wildman–Crippen MR) is 186 cm³/mol. The van der Waals surface area contributed by atoms with Crippen molar-refractivity contribution in [1.29, 1.82) is 0 Å². The minimum atomic E-state index is -4.33. The molecular formula is C35H43ClN4O9S. The molecule has 15 heteroatoms. The lowest BCUT2D eigenvalue weighted by Gasteiger charge is -2.32. The lowest BCUT2D eigenvalue weighted by molar-refractivity contribution is -0.159. The van der Waals surface area contributed by atoms with Crippen LogP contribution in [0, 0.1) is 5.92 Å². The number of nitrogens with zero attached hydrogens (tertiary/aromatic N) is 2. The van der Waals surface area contributed by atoms with Gasteiger partial charge < -0.3 is 24.5 Å². The molecule has 0 unspecified atom stereocenters. The van der Waals surface area contributed by atoms with Crippen molar-refractivity contribution in [2.75, 3.05) is 33.3 Å². The highest BCUT2D eigenvalue weighted by atomic mass is 35.5. The monoisotopic (exact) mass is 730 g/mol. The van der Waals surface area contributed by atoms with Gasteiger partial charge in [0.25, 0.3) is 0 Å². The van der Waals surface area contributed by atoms with Gasteiger partial charge in [-0.2, -0.15) is 4.72 Å². The van der Waals surface area contributed by atoms with E-state index in [2.05, 4.69) is 10.0 Å². The normalized spacial score (nSPS) is 15.9. The molecule has 4 rings (SSSR count). The summed E-state index contributed by atoms with van der Waals surface area (Å²) in [4.78, 5) is 58.4. The fourth-order valence-corrected chi connectivity index (χ4v) is 6.75. The van der Waals surface area contributed by atoms with E-state index >= 15 is 0 Å². The Labute approximate surface area is 297 Å². The zero-order valence-corrected chi connectivity index (χ0v) is 30.1. The second kappa shape index (κ2) is 17.1. The number of methoxy groups -OCH3 is 1. The minimum absolute atomic E-state index is 0.0868. The van der Waals surface area contributed by atoms with Gasteiger partial charge in [-0.1, -0.05) is 54.1 Å². The number of sulfonamides is 1. The first-order chi connectivity index (χ1) is 23.6. The van der Waals surface area contributed by atoms with Crippen molar-refractivity contribution in [3.8, 4) is 0 Å². The van der Waals surface area contributed by atoms with Gasteiger partial charge in [-0.3, -0.25) is 14.4 Å². The maximum absolute atomic E-state index is 14.1. The van der Waals surface area contributed by atoms with Crippen LogP contribution in [0.1, 0.15) is 45.6 Å². The molecule has 1 aliphatic rings. The topological polar surface area (TPSA) is 161 Å². The average molecular weight is 731 g/mol. The van der Waals surface area contributed by atoms with Gasteiger partial charge in [-0.05, 0) is 80.1 Å². The second-order valence-electron chi connectivity index (χ2n) is 13.0. The number of ether oxygens (including phenoxy) is 2. The highest BCUT2D eigenvalue weighted by Crippen LogP contribution is 2.21. The number of rotatable bonds is 13. The number of carbonyl (C=O) groups excluding carboxylic acids is 4. The summed E-state index contributed by atoms with van der Waals surface area (Å²) in [5, 5.41) is 6.24. The number of hydrogen-bond donors (Lipinski definition) is 2. The van der Waals surface area contributed by atoms with E-state index in [-0.39, 0.29) is 23.9 Å². The van der Waals surface area contributed by atoms with E-state index in [9.17, 15) is 27.6 Å². The third kappa shape index (κ3) is 11.7. The van der Waals surface area contributed by atoms with E-state index in [1.165, 1.54) is 24.3 Å². The summed E-state index contributed by atoms with van der Waals surface area (Å²) in [6, 6.07) is 16.8. The van der Waals surface area contributed by atoms with Crippen molar-refractivity contribution in [3.05, 3.63) is 77.3 Å². The Kier molecular flexibility index (Phi) is 13.2. The third-order valence-electron chi connectivity index (χ3n) is 7.83. The number of nitrogens with one attached hydrogen (secondary N) is 2. The number of fused-ring (bicyclic) bond motifs is 1. The molecule has 1 heterocycles. The molecule has 270 valence electrons. The van der Waals surface area contributed by atoms with Crippen LogP contribution in [0.25, 0.3) is 10.8 Å². The van der Waals surface area contributed by atoms with Crippen LogP contribution in [0.15, 0.2) is 71.6 Å². The van der Waals surface area contributed by atoms with Gasteiger partial charge in [0.1, 0.15) is 18.2 Å². The van der Waals surface area contributed by atoms with Gasteiger partial charge in [-0.15, -0.1) is 5.06 Å². The average Bonchev–Trinajstić information content (AvgIpc) is 3.06. The summed E-state index contributed by atoms with van der Waals surface area (Å²) in [5.41, 5.74) is -0.103. The summed E-state index contributed by atoms with van der Waals surface area (Å²) in [5.74, 6) is -2.23. The zero-order valence-electron chi connectivity index (χ0n) is 28.5. The van der Waals surface area contributed by atoms with E-state index in [1.54, 1.807) is 63.2 Å². The molecule has 13 nitrogen and oxygen atoms in total. The summed E-state index contributed by atoms with van der Waals surface area (Å²) in [7, 11) is -3.16. The number of piperidine rings is 1. The standard InChI is InChI=1S/C35H43ClN4O9S/c1-35(2,3)48-34(44)49-40-17-7-8-25(22-40)20-37-31(41)19-30(38-50(45,46)29-16-13-26-9-5-6-10-27(26)18-29)33(43)39(23-32(42)47-4)21-24-11-14-28(36)15-12-24/h5-6,9-16,18,25,30,38H,7-8,17,19-23H2,1-4H3,(H,37,41)/t25-,30-/m0/s1. The highest BCUT2D eigenvalue weighted by molar-refractivity contribution is 7.89. The minimum Gasteiger partial charge on any atom is -0.468 e. The van der Waals surface area contributed by atoms with Crippen LogP contribution in [0.3, 0.4) is 0 Å². The Morgan fingerprint density at radius 2 is 1.72 bits per heavy atom. The number of esters is 1. The molecule has 3 aromatic rings. The zero-order chi connectivity index (χ0) is 36.5. The van der Waals surface area contributed by atoms with Crippen molar-refractivity contribution >= 4 is 56.3 Å². The molecule has 2 amide bonds. The summed E-state index contributed by atoms with van der Waals surface area (Å²) in [6.07, 6.45) is 0.0505. The molecular weight excluding hydrogens is 688 g/mol. The second-order valence-corrected chi connectivity index (χ2v) is 15.2. The Morgan fingerprint density at radius 3 is 2.40 bits per heavy atom. The first-order valence-electron chi connectivity index (χ1n) is 16.2. The third-order valence-corrected chi connectivity index (χ3v) is 9.55. The van der Waals surface area contributed by atoms with Crippen LogP contribution in [-0.2, 0) is 45.3 Å². The lowest BCUT2D eigenvalue weighted by Crippen LogP contribution is -2.51. The molecule has 0 saturated carbocycles. The summed E-state index contributed by atoms with van der Waals surface area (Å²) in [6.45, 7) is 5.63. The fourth-order valence-electron chi connectivity index (χ4n) is 5.40. The van der Waals surface area contributed by atoms with Crippen molar-refractivity contribution in [3.63, 3.8) is 0 Å². The van der Waals surface area contributed by atoms with E-state index in [0.717, 1.165) is 16.7 Å². The summed E-state index contributed by atoms with van der Waals surface area (Å²) < 4.78 is 39.9. The molecule has 0 spiro atoms. The smallest absolute Gasteiger partial charge is 0.468 e. The number of carbonyl (C=O) groups is 4. The van der Waals surface area contributed by atoms with Gasteiger partial charge in [0, 0.05) is 31.2 Å². The largest absolute Gasteiger partial charge is 0.528 e. The molecule has 0 bridgehead atoms. The molecule has 0 radical (unpaired) electrons. The molecule has 1 aliphatic heterocycles. The van der Waals surface area contributed by atoms with E-state index in [4.69, 9.17) is 25.9 Å². The maximum atomic E-state index is 14.1. The number of amides is 2. The van der Waals surface area contributed by atoms with Crippen LogP contribution in [0.4, 0.5) is 4.79 Å². The predicted octanol–water partition coefficient (Wildman–Crippen LogP) is 4.43. The Bertz CT molecular complexity index is 1780. The molecule has 50 heavy (non-hydrogen) atoms. The molecule has 3 aromatic carbocycles. The van der Waals surface area contributed by atoms with E-state index in [1.807, 2.05) is 12.1 Å². The molecule has 0 aliphatic carbocycles. The Balaban J connectivity index is 1.52. The Hall–Kier alpha value is -4.24. The highest BCUT2D eigenvalue weighted by Gasteiger charge is 2.33. The molecule has 2 atom stereocenters. The molecule has 1 fully saturated rings. The number of hydroxylamine groups is 2. The van der Waals surface area contributed by atoms with Gasteiger partial charge in [-0.25, -0.2) is 13.2 Å². The first-order valence-corrected chi connectivity index (χ1v) is 18.0. The summed E-state index contributed by atoms with van der Waals surface area (Å²) >= 11 is 6.03. The van der Waals surface area contributed by atoms with Gasteiger partial charge in [0.2, 0.25) is 21.8 Å². The quantitative estimate of drug-likeness (QED) is 0.241. The number of hydrogen-bond acceptors (Lipinski definition) is 10. The lowest BCUT2D eigenvalue weighted by atomic mass is 9.99. The SMILES string of the molecule is COC(=O)CN(Cc1ccc(Cl)cc1)C(=O)[C@H](CC(=O)NC[C@@H]1CCCN(OC(=O)OC(C)(C)C)C1)NS(=O)(=O)c1ccc2ccccc2c1. The van der Waals surface area contributed by atoms with Crippen LogP contribution in [0.5, 0.6) is 0 Å². The van der Waals surface area contributed by atoms with Gasteiger partial charge in [0.15, 0.2) is 0 Å². The first kappa shape index (κ1) is 38.6. The van der Waals surface area contributed by atoms with E-state index in [0.29, 0.717) is 35.5 Å². The van der Waals surface area contributed by atoms with Crippen molar-refractivity contribution in [2.24, 2.45) is 5.92 Å². The van der Waals surface area contributed by atoms with E-state index < -0.39 is 58.6 Å². The molecule has 2 N–H and O–H groups in total. The Morgan fingerprint density at radius 1 is 1.02 bits per heavy atom. The maximum Gasteiger partial charge on any atom is 0.528 e. The van der Waals surface area contributed by atoms with Gasteiger partial charge in [0.05, 0.1) is 18.4 Å². The molecule has 1 saturated heterocycles. The molecule has 0 aromatic heterocycles. The number of benzene rings is 3. The van der Waals surface area contributed by atoms with Crippen LogP contribution in [0.2, 0.25) is 5.02 Å². The van der Waals surface area contributed by atoms with Crippen LogP contribution < -0.4 is 10.0 Å². The van der Waals surface area contributed by atoms with Crippen molar-refractivity contribution < 1.29 is 41.9 Å². The number of halogens is 1. The van der Waals surface area contributed by atoms with Crippen molar-refractivity contribution in [2.45, 2.75) is 63.1 Å². The van der Waals surface area contributed by atoms with Crippen LogP contribution >= 0.6 is 11.6 Å². The van der Waals surface area contributed by atoms with Crippen LogP contribution in [-0.4, -0.2) is 87.3 Å². The van der Waals surface area contributed by atoms with Gasteiger partial charge >= 0.3 is 12.1 Å².